The average molecular weight is 393 g/mol. The van der Waals surface area contributed by atoms with Gasteiger partial charge in [0, 0.05) is 18.0 Å². The lowest BCUT2D eigenvalue weighted by atomic mass is 9.92. The number of benzene rings is 2. The molecule has 2 atom stereocenters. The summed E-state index contributed by atoms with van der Waals surface area (Å²) in [5, 5.41) is 8.40. The predicted octanol–water partition coefficient (Wildman–Crippen LogP) is 5.13. The van der Waals surface area contributed by atoms with Crippen LogP contribution >= 0.6 is 0 Å². The van der Waals surface area contributed by atoms with Crippen molar-refractivity contribution in [3.63, 3.8) is 0 Å². The molecule has 5 heteroatoms. The van der Waals surface area contributed by atoms with Crippen LogP contribution in [-0.4, -0.2) is 27.4 Å². The summed E-state index contributed by atoms with van der Waals surface area (Å²) in [6.45, 7) is 7.73. The highest BCUT2D eigenvalue weighted by Gasteiger charge is 2.22. The highest BCUT2D eigenvalue weighted by Crippen LogP contribution is 2.25. The number of nitrogens with zero attached hydrogens (tertiary/aromatic N) is 3. The standard InChI is InChI=1S/C24H29FN4/c1-16(2)18-4-6-19(7-5-18)24-27-23(15-21-14-17(3)12-13-26-21)28-29(24)22-10-8-20(25)9-11-22/h4-11,16-17,21,26H,12-15H2,1-3H3. The first kappa shape index (κ1) is 19.8. The lowest BCUT2D eigenvalue weighted by Gasteiger charge is -2.27. The molecule has 1 fully saturated rings. The summed E-state index contributed by atoms with van der Waals surface area (Å²) in [5.74, 6) is 2.57. The van der Waals surface area contributed by atoms with Crippen LogP contribution in [0.25, 0.3) is 17.1 Å². The fourth-order valence-electron chi connectivity index (χ4n) is 4.00. The van der Waals surface area contributed by atoms with Crippen molar-refractivity contribution in [1.82, 2.24) is 20.1 Å². The molecule has 4 nitrogen and oxygen atoms in total. The van der Waals surface area contributed by atoms with Gasteiger partial charge < -0.3 is 5.32 Å². The van der Waals surface area contributed by atoms with Gasteiger partial charge in [-0.3, -0.25) is 0 Å². The molecule has 0 bridgehead atoms. The lowest BCUT2D eigenvalue weighted by molar-refractivity contribution is 0.316. The Kier molecular flexibility index (Phi) is 5.76. The van der Waals surface area contributed by atoms with Gasteiger partial charge in [-0.25, -0.2) is 14.1 Å². The zero-order chi connectivity index (χ0) is 20.4. The summed E-state index contributed by atoms with van der Waals surface area (Å²) in [5.41, 5.74) is 3.13. The minimum absolute atomic E-state index is 0.252. The van der Waals surface area contributed by atoms with Gasteiger partial charge in [-0.05, 0) is 61.1 Å². The van der Waals surface area contributed by atoms with E-state index in [0.717, 1.165) is 48.2 Å². The quantitative estimate of drug-likeness (QED) is 0.655. The Hall–Kier alpha value is -2.53. The van der Waals surface area contributed by atoms with Crippen molar-refractivity contribution in [2.45, 2.75) is 52.0 Å². The van der Waals surface area contributed by atoms with Crippen molar-refractivity contribution >= 4 is 0 Å². The first-order chi connectivity index (χ1) is 14.0. The number of nitrogens with one attached hydrogen (secondary N) is 1. The van der Waals surface area contributed by atoms with E-state index in [4.69, 9.17) is 10.1 Å². The van der Waals surface area contributed by atoms with Gasteiger partial charge in [0.1, 0.15) is 5.82 Å². The molecular weight excluding hydrogens is 363 g/mol. The fourth-order valence-corrected chi connectivity index (χ4v) is 4.00. The second-order valence-corrected chi connectivity index (χ2v) is 8.50. The highest BCUT2D eigenvalue weighted by molar-refractivity contribution is 5.58. The minimum Gasteiger partial charge on any atom is -0.314 e. The van der Waals surface area contributed by atoms with Crippen LogP contribution in [0.1, 0.15) is 50.9 Å². The van der Waals surface area contributed by atoms with Crippen LogP contribution in [0.4, 0.5) is 4.39 Å². The molecule has 1 aliphatic heterocycles. The minimum atomic E-state index is -0.252. The number of hydrogen-bond acceptors (Lipinski definition) is 3. The second-order valence-electron chi connectivity index (χ2n) is 8.50. The summed E-state index contributed by atoms with van der Waals surface area (Å²) in [4.78, 5) is 4.89. The molecular formula is C24H29FN4. The van der Waals surface area contributed by atoms with Gasteiger partial charge in [0.25, 0.3) is 0 Å². The molecule has 2 heterocycles. The van der Waals surface area contributed by atoms with Crippen molar-refractivity contribution in [3.8, 4) is 17.1 Å². The maximum atomic E-state index is 13.4. The molecule has 0 spiro atoms. The van der Waals surface area contributed by atoms with Crippen LogP contribution in [0.3, 0.4) is 0 Å². The van der Waals surface area contributed by atoms with Gasteiger partial charge in [0.15, 0.2) is 11.6 Å². The number of rotatable bonds is 5. The average Bonchev–Trinajstić information content (AvgIpc) is 3.12. The van der Waals surface area contributed by atoms with E-state index in [1.807, 2.05) is 4.68 Å². The van der Waals surface area contributed by atoms with Gasteiger partial charge in [-0.1, -0.05) is 45.0 Å². The SMILES string of the molecule is CC1CCNC(Cc2nc(-c3ccc(C(C)C)cc3)n(-c3ccc(F)cc3)n2)C1. The Morgan fingerprint density at radius 3 is 2.48 bits per heavy atom. The summed E-state index contributed by atoms with van der Waals surface area (Å²) < 4.78 is 15.3. The van der Waals surface area contributed by atoms with Gasteiger partial charge >= 0.3 is 0 Å². The summed E-state index contributed by atoms with van der Waals surface area (Å²) in [6, 6.07) is 15.3. The third kappa shape index (κ3) is 4.56. The number of hydrogen-bond donors (Lipinski definition) is 1. The van der Waals surface area contributed by atoms with Crippen molar-refractivity contribution in [2.24, 2.45) is 5.92 Å². The highest BCUT2D eigenvalue weighted by atomic mass is 19.1. The summed E-state index contributed by atoms with van der Waals surface area (Å²) in [6.07, 6.45) is 3.17. The molecule has 4 rings (SSSR count). The van der Waals surface area contributed by atoms with Crippen molar-refractivity contribution in [1.29, 1.82) is 0 Å². The molecule has 1 N–H and O–H groups in total. The van der Waals surface area contributed by atoms with E-state index in [0.29, 0.717) is 12.0 Å². The molecule has 3 aromatic rings. The Morgan fingerprint density at radius 2 is 1.83 bits per heavy atom. The molecule has 0 amide bonds. The summed E-state index contributed by atoms with van der Waals surface area (Å²) >= 11 is 0. The molecule has 29 heavy (non-hydrogen) atoms. The Morgan fingerprint density at radius 1 is 1.10 bits per heavy atom. The van der Waals surface area contributed by atoms with Crippen LogP contribution in [-0.2, 0) is 6.42 Å². The molecule has 0 aliphatic carbocycles. The number of piperidine rings is 1. The number of aromatic nitrogens is 3. The molecule has 2 aromatic carbocycles. The Labute approximate surface area is 172 Å². The third-order valence-corrected chi connectivity index (χ3v) is 5.74. The maximum absolute atomic E-state index is 13.4. The zero-order valence-electron chi connectivity index (χ0n) is 17.4. The van der Waals surface area contributed by atoms with Crippen LogP contribution in [0.15, 0.2) is 48.5 Å². The molecule has 1 aromatic heterocycles. The number of halogens is 1. The maximum Gasteiger partial charge on any atom is 0.163 e. The van der Waals surface area contributed by atoms with Gasteiger partial charge in [-0.2, -0.15) is 5.10 Å². The normalized spacial score (nSPS) is 19.6. The Balaban J connectivity index is 1.69. The van der Waals surface area contributed by atoms with Crippen molar-refractivity contribution < 1.29 is 4.39 Å². The van der Waals surface area contributed by atoms with E-state index in [9.17, 15) is 4.39 Å². The monoisotopic (exact) mass is 392 g/mol. The third-order valence-electron chi connectivity index (χ3n) is 5.74. The van der Waals surface area contributed by atoms with E-state index in [2.05, 4.69) is 50.4 Å². The molecule has 1 saturated heterocycles. The Bertz CT molecular complexity index is 944. The van der Waals surface area contributed by atoms with Gasteiger partial charge in [0.05, 0.1) is 5.69 Å². The van der Waals surface area contributed by atoms with Gasteiger partial charge in [-0.15, -0.1) is 0 Å². The van der Waals surface area contributed by atoms with E-state index in [1.165, 1.54) is 24.1 Å². The van der Waals surface area contributed by atoms with E-state index in [-0.39, 0.29) is 5.82 Å². The second kappa shape index (κ2) is 8.46. The topological polar surface area (TPSA) is 42.7 Å². The molecule has 2 unspecified atom stereocenters. The molecule has 0 radical (unpaired) electrons. The zero-order valence-corrected chi connectivity index (χ0v) is 17.4. The summed E-state index contributed by atoms with van der Waals surface area (Å²) in [7, 11) is 0. The molecule has 0 saturated carbocycles. The largest absolute Gasteiger partial charge is 0.314 e. The van der Waals surface area contributed by atoms with Crippen LogP contribution in [0, 0.1) is 11.7 Å². The van der Waals surface area contributed by atoms with Gasteiger partial charge in [0.2, 0.25) is 0 Å². The van der Waals surface area contributed by atoms with E-state index < -0.39 is 0 Å². The lowest BCUT2D eigenvalue weighted by Crippen LogP contribution is -2.39. The molecule has 1 aliphatic rings. The van der Waals surface area contributed by atoms with E-state index >= 15 is 0 Å². The van der Waals surface area contributed by atoms with Crippen LogP contribution < -0.4 is 5.32 Å². The van der Waals surface area contributed by atoms with E-state index in [1.54, 1.807) is 12.1 Å². The smallest absolute Gasteiger partial charge is 0.163 e. The molecule has 152 valence electrons. The van der Waals surface area contributed by atoms with Crippen LogP contribution in [0.2, 0.25) is 0 Å². The first-order valence-electron chi connectivity index (χ1n) is 10.5. The van der Waals surface area contributed by atoms with Crippen LogP contribution in [0.5, 0.6) is 0 Å². The first-order valence-corrected chi connectivity index (χ1v) is 10.5. The van der Waals surface area contributed by atoms with Crippen molar-refractivity contribution in [3.05, 3.63) is 65.7 Å². The predicted molar refractivity (Wildman–Crippen MR) is 115 cm³/mol. The fraction of sp³-hybridized carbons (Fsp3) is 0.417. The van der Waals surface area contributed by atoms with Crippen molar-refractivity contribution in [2.75, 3.05) is 6.54 Å².